The molecule has 0 fully saturated rings. The van der Waals surface area contributed by atoms with Gasteiger partial charge in [-0.25, -0.2) is 0 Å². The van der Waals surface area contributed by atoms with E-state index in [1.54, 1.807) is 0 Å². The molecule has 1 aromatic carbocycles. The maximum absolute atomic E-state index is 10.4. The van der Waals surface area contributed by atoms with Crippen molar-refractivity contribution in [2.75, 3.05) is 6.54 Å². The van der Waals surface area contributed by atoms with Gasteiger partial charge in [0.05, 0.1) is 6.10 Å². The van der Waals surface area contributed by atoms with E-state index in [1.165, 1.54) is 24.0 Å². The van der Waals surface area contributed by atoms with Crippen LogP contribution in [0.3, 0.4) is 0 Å². The number of rotatable bonds is 4. The van der Waals surface area contributed by atoms with Gasteiger partial charge in [-0.15, -0.1) is 0 Å². The SMILES string of the molecule is CC(C)C(CN)C(O)c1ccc2c(c1)CCC2. The van der Waals surface area contributed by atoms with Gasteiger partial charge in [0.25, 0.3) is 0 Å². The molecule has 2 atom stereocenters. The average molecular weight is 233 g/mol. The lowest BCUT2D eigenvalue weighted by atomic mass is 9.86. The van der Waals surface area contributed by atoms with Gasteiger partial charge in [-0.3, -0.25) is 0 Å². The van der Waals surface area contributed by atoms with Gasteiger partial charge in [0.2, 0.25) is 0 Å². The highest BCUT2D eigenvalue weighted by Crippen LogP contribution is 2.31. The summed E-state index contributed by atoms with van der Waals surface area (Å²) in [5.41, 5.74) is 9.67. The summed E-state index contributed by atoms with van der Waals surface area (Å²) in [6.45, 7) is 4.78. The Bertz CT molecular complexity index is 387. The van der Waals surface area contributed by atoms with Crippen LogP contribution in [-0.4, -0.2) is 11.7 Å². The van der Waals surface area contributed by atoms with Crippen LogP contribution in [0.25, 0.3) is 0 Å². The van der Waals surface area contributed by atoms with Crippen molar-refractivity contribution in [2.24, 2.45) is 17.6 Å². The zero-order chi connectivity index (χ0) is 12.4. The molecule has 0 bridgehead atoms. The van der Waals surface area contributed by atoms with Gasteiger partial charge in [0, 0.05) is 5.92 Å². The minimum atomic E-state index is -0.425. The highest BCUT2D eigenvalue weighted by atomic mass is 16.3. The number of hydrogen-bond acceptors (Lipinski definition) is 2. The van der Waals surface area contributed by atoms with Gasteiger partial charge < -0.3 is 10.8 Å². The number of aliphatic hydroxyl groups excluding tert-OH is 1. The van der Waals surface area contributed by atoms with Gasteiger partial charge in [0.1, 0.15) is 0 Å². The van der Waals surface area contributed by atoms with Crippen LogP contribution in [0.1, 0.15) is 43.1 Å². The van der Waals surface area contributed by atoms with E-state index in [0.717, 1.165) is 12.0 Å². The van der Waals surface area contributed by atoms with Crippen molar-refractivity contribution in [3.8, 4) is 0 Å². The third-order valence-electron chi connectivity index (χ3n) is 4.00. The zero-order valence-corrected chi connectivity index (χ0v) is 10.8. The Morgan fingerprint density at radius 3 is 2.59 bits per heavy atom. The van der Waals surface area contributed by atoms with Crippen LogP contribution >= 0.6 is 0 Å². The molecule has 2 heteroatoms. The first-order valence-electron chi connectivity index (χ1n) is 6.63. The van der Waals surface area contributed by atoms with E-state index in [-0.39, 0.29) is 5.92 Å². The van der Waals surface area contributed by atoms with E-state index < -0.39 is 6.10 Å². The second kappa shape index (κ2) is 5.19. The Morgan fingerprint density at radius 2 is 1.94 bits per heavy atom. The molecule has 0 saturated carbocycles. The van der Waals surface area contributed by atoms with Crippen LogP contribution in [0.4, 0.5) is 0 Å². The summed E-state index contributed by atoms with van der Waals surface area (Å²) >= 11 is 0. The topological polar surface area (TPSA) is 46.2 Å². The highest BCUT2D eigenvalue weighted by Gasteiger charge is 2.23. The second-order valence-corrected chi connectivity index (χ2v) is 5.47. The molecule has 2 rings (SSSR count). The Hall–Kier alpha value is -0.860. The highest BCUT2D eigenvalue weighted by molar-refractivity contribution is 5.36. The van der Waals surface area contributed by atoms with Crippen LogP contribution in [0, 0.1) is 11.8 Å². The van der Waals surface area contributed by atoms with Crippen LogP contribution in [0.2, 0.25) is 0 Å². The number of fused-ring (bicyclic) bond motifs is 1. The first kappa shape index (κ1) is 12.6. The third kappa shape index (κ3) is 2.53. The van der Waals surface area contributed by atoms with Gasteiger partial charge >= 0.3 is 0 Å². The number of aliphatic hydroxyl groups is 1. The van der Waals surface area contributed by atoms with Crippen molar-refractivity contribution in [2.45, 2.75) is 39.2 Å². The van der Waals surface area contributed by atoms with Crippen LogP contribution < -0.4 is 5.73 Å². The minimum Gasteiger partial charge on any atom is -0.388 e. The van der Waals surface area contributed by atoms with Gasteiger partial charge in [-0.1, -0.05) is 32.0 Å². The Labute approximate surface area is 104 Å². The fourth-order valence-electron chi connectivity index (χ4n) is 2.79. The molecule has 3 N–H and O–H groups in total. The van der Waals surface area contributed by atoms with Gasteiger partial charge in [0.15, 0.2) is 0 Å². The molecule has 0 amide bonds. The lowest BCUT2D eigenvalue weighted by Crippen LogP contribution is -2.26. The fraction of sp³-hybridized carbons (Fsp3) is 0.600. The van der Waals surface area contributed by atoms with E-state index >= 15 is 0 Å². The van der Waals surface area contributed by atoms with E-state index in [4.69, 9.17) is 5.73 Å². The van der Waals surface area contributed by atoms with Crippen molar-refractivity contribution < 1.29 is 5.11 Å². The monoisotopic (exact) mass is 233 g/mol. The van der Waals surface area contributed by atoms with E-state index in [1.807, 2.05) is 0 Å². The van der Waals surface area contributed by atoms with Crippen LogP contribution in [0.5, 0.6) is 0 Å². The second-order valence-electron chi connectivity index (χ2n) is 5.47. The van der Waals surface area contributed by atoms with E-state index in [2.05, 4.69) is 32.0 Å². The smallest absolute Gasteiger partial charge is 0.0832 e. The van der Waals surface area contributed by atoms with Crippen molar-refractivity contribution in [1.82, 2.24) is 0 Å². The third-order valence-corrected chi connectivity index (χ3v) is 4.00. The summed E-state index contributed by atoms with van der Waals surface area (Å²) < 4.78 is 0. The number of hydrogen-bond donors (Lipinski definition) is 2. The maximum atomic E-state index is 10.4. The zero-order valence-electron chi connectivity index (χ0n) is 10.8. The van der Waals surface area contributed by atoms with Gasteiger partial charge in [-0.2, -0.15) is 0 Å². The minimum absolute atomic E-state index is 0.148. The average Bonchev–Trinajstić information content (AvgIpc) is 2.75. The molecular formula is C15H23NO. The Balaban J connectivity index is 2.21. The lowest BCUT2D eigenvalue weighted by Gasteiger charge is -2.25. The number of aryl methyl sites for hydroxylation is 2. The number of benzene rings is 1. The predicted octanol–water partition coefficient (Wildman–Crippen LogP) is 2.44. The first-order chi connectivity index (χ1) is 8.13. The fourth-order valence-corrected chi connectivity index (χ4v) is 2.79. The lowest BCUT2D eigenvalue weighted by molar-refractivity contribution is 0.0860. The molecule has 17 heavy (non-hydrogen) atoms. The van der Waals surface area contributed by atoms with Crippen molar-refractivity contribution in [3.05, 3.63) is 34.9 Å². The first-order valence-corrected chi connectivity index (χ1v) is 6.63. The summed E-state index contributed by atoms with van der Waals surface area (Å²) in [4.78, 5) is 0. The van der Waals surface area contributed by atoms with Crippen LogP contribution in [0.15, 0.2) is 18.2 Å². The largest absolute Gasteiger partial charge is 0.388 e. The summed E-state index contributed by atoms with van der Waals surface area (Å²) in [5.74, 6) is 0.553. The standard InChI is InChI=1S/C15H23NO/c1-10(2)14(9-16)15(17)13-7-6-11-4-3-5-12(11)8-13/h6-8,10,14-15,17H,3-5,9,16H2,1-2H3. The molecule has 94 valence electrons. The molecular weight excluding hydrogens is 210 g/mol. The number of nitrogens with two attached hydrogens (primary N) is 1. The van der Waals surface area contributed by atoms with Gasteiger partial charge in [-0.05, 0) is 48.4 Å². The molecule has 0 heterocycles. The van der Waals surface area contributed by atoms with Crippen molar-refractivity contribution in [1.29, 1.82) is 0 Å². The molecule has 0 aliphatic heterocycles. The summed E-state index contributed by atoms with van der Waals surface area (Å²) in [5, 5.41) is 10.4. The molecule has 1 aliphatic rings. The Morgan fingerprint density at radius 1 is 1.24 bits per heavy atom. The molecule has 0 saturated heterocycles. The summed E-state index contributed by atoms with van der Waals surface area (Å²) in [6, 6.07) is 6.42. The maximum Gasteiger partial charge on any atom is 0.0832 e. The molecule has 1 aliphatic carbocycles. The summed E-state index contributed by atoms with van der Waals surface area (Å²) in [6.07, 6.45) is 3.17. The van der Waals surface area contributed by atoms with Crippen LogP contribution in [-0.2, 0) is 12.8 Å². The Kier molecular flexibility index (Phi) is 3.85. The molecule has 0 radical (unpaired) electrons. The summed E-state index contributed by atoms with van der Waals surface area (Å²) in [7, 11) is 0. The van der Waals surface area contributed by atoms with Crippen molar-refractivity contribution in [3.63, 3.8) is 0 Å². The van der Waals surface area contributed by atoms with Crippen molar-refractivity contribution >= 4 is 0 Å². The molecule has 0 aromatic heterocycles. The molecule has 2 unspecified atom stereocenters. The normalized spacial score (nSPS) is 18.2. The quantitative estimate of drug-likeness (QED) is 0.839. The molecule has 2 nitrogen and oxygen atoms in total. The molecule has 1 aromatic rings. The van der Waals surface area contributed by atoms with E-state index in [9.17, 15) is 5.11 Å². The predicted molar refractivity (Wildman–Crippen MR) is 70.8 cm³/mol. The molecule has 0 spiro atoms. The van der Waals surface area contributed by atoms with E-state index in [0.29, 0.717) is 12.5 Å².